The summed E-state index contributed by atoms with van der Waals surface area (Å²) >= 11 is 5.94. The predicted octanol–water partition coefficient (Wildman–Crippen LogP) is 4.62. The maximum Gasteiger partial charge on any atom is 0.344 e. The molecule has 0 aliphatic carbocycles. The van der Waals surface area contributed by atoms with Gasteiger partial charge in [0.15, 0.2) is 23.9 Å². The van der Waals surface area contributed by atoms with Gasteiger partial charge < -0.3 is 14.2 Å². The van der Waals surface area contributed by atoms with Gasteiger partial charge in [-0.15, -0.1) is 21.5 Å². The summed E-state index contributed by atoms with van der Waals surface area (Å²) in [7, 11) is 0. The molecule has 1 N–H and O–H groups in total. The number of aryl methyl sites for hydroxylation is 1. The van der Waals surface area contributed by atoms with Crippen molar-refractivity contribution in [3.63, 3.8) is 0 Å². The molecular formula is C21H22BrN3O5S2. The van der Waals surface area contributed by atoms with Gasteiger partial charge in [0.05, 0.1) is 27.6 Å². The maximum absolute atomic E-state index is 13.0. The maximum atomic E-state index is 13.0. The highest BCUT2D eigenvalue weighted by Gasteiger charge is 2.39. The number of ether oxygens (including phenoxy) is 3. The third-order valence-corrected chi connectivity index (χ3v) is 7.00. The van der Waals surface area contributed by atoms with Crippen molar-refractivity contribution in [2.24, 2.45) is 0 Å². The summed E-state index contributed by atoms with van der Waals surface area (Å²) in [4.78, 5) is 25.1. The van der Waals surface area contributed by atoms with Crippen LogP contribution in [0.5, 0.6) is 11.5 Å². The molecule has 3 rings (SSSR count). The van der Waals surface area contributed by atoms with Crippen molar-refractivity contribution >= 4 is 61.9 Å². The van der Waals surface area contributed by atoms with Crippen molar-refractivity contribution in [1.29, 1.82) is 5.41 Å². The van der Waals surface area contributed by atoms with Gasteiger partial charge in [-0.1, -0.05) is 18.7 Å². The number of nitrogens with one attached hydrogen (secondary N) is 1. The number of rotatable bonds is 9. The van der Waals surface area contributed by atoms with E-state index in [2.05, 4.69) is 26.1 Å². The number of hydrogen-bond acceptors (Lipinski definition) is 10. The molecule has 0 amide bonds. The normalized spacial score (nSPS) is 17.1. The van der Waals surface area contributed by atoms with Crippen LogP contribution in [0.2, 0.25) is 0 Å². The second kappa shape index (κ2) is 11.1. The van der Waals surface area contributed by atoms with Gasteiger partial charge in [0.1, 0.15) is 15.9 Å². The van der Waals surface area contributed by atoms with Crippen LogP contribution in [0.1, 0.15) is 42.3 Å². The number of halogens is 1. The molecule has 2 heterocycles. The Balaban J connectivity index is 1.86. The Morgan fingerprint density at radius 2 is 2.00 bits per heavy atom. The lowest BCUT2D eigenvalue weighted by molar-refractivity contribution is -0.145. The first kappa shape index (κ1) is 24.4. The monoisotopic (exact) mass is 539 g/mol. The van der Waals surface area contributed by atoms with Crippen LogP contribution in [0.15, 0.2) is 21.5 Å². The number of carbonyl (C=O) groups is 2. The summed E-state index contributed by atoms with van der Waals surface area (Å²) in [5, 5.41) is 18.1. The van der Waals surface area contributed by atoms with Gasteiger partial charge in [-0.05, 0) is 60.0 Å². The summed E-state index contributed by atoms with van der Waals surface area (Å²) in [5.41, 5.74) is 0.694. The number of hydrogen-bond donors (Lipinski definition) is 1. The van der Waals surface area contributed by atoms with Crippen LogP contribution in [0.3, 0.4) is 0 Å². The van der Waals surface area contributed by atoms with E-state index < -0.39 is 11.9 Å². The lowest BCUT2D eigenvalue weighted by Gasteiger charge is -2.14. The SMILES string of the molecule is CCOC(=O)COc1c(Br)cc(/C=C2\SC(=N)[C@@H](c3nnc(CC)s3)C2=O)cc1OCC. The second-order valence-electron chi connectivity index (χ2n) is 6.52. The number of ketones is 1. The Hall–Kier alpha value is -2.24. The molecule has 0 spiro atoms. The first-order chi connectivity index (χ1) is 15.4. The van der Waals surface area contributed by atoms with Crippen molar-refractivity contribution in [3.05, 3.63) is 37.1 Å². The Kier molecular flexibility index (Phi) is 8.44. The number of allylic oxidation sites excluding steroid dienone is 1. The molecule has 2 aromatic rings. The summed E-state index contributed by atoms with van der Waals surface area (Å²) in [6.45, 7) is 5.94. The zero-order chi connectivity index (χ0) is 23.3. The molecule has 0 saturated carbocycles. The number of esters is 1. The fraction of sp³-hybridized carbons (Fsp3) is 0.381. The van der Waals surface area contributed by atoms with E-state index in [9.17, 15) is 9.59 Å². The van der Waals surface area contributed by atoms with E-state index in [1.807, 2.05) is 13.8 Å². The first-order valence-electron chi connectivity index (χ1n) is 9.97. The van der Waals surface area contributed by atoms with Crippen LogP contribution in [-0.2, 0) is 20.7 Å². The van der Waals surface area contributed by atoms with Crippen molar-refractivity contribution in [3.8, 4) is 11.5 Å². The second-order valence-corrected chi connectivity index (χ2v) is 9.55. The molecule has 1 aromatic carbocycles. The first-order valence-corrected chi connectivity index (χ1v) is 12.4. The number of carbonyl (C=O) groups excluding carboxylic acids is 2. The molecular weight excluding hydrogens is 518 g/mol. The number of thioether (sulfide) groups is 1. The van der Waals surface area contributed by atoms with Gasteiger partial charge in [-0.3, -0.25) is 10.2 Å². The zero-order valence-electron chi connectivity index (χ0n) is 17.8. The van der Waals surface area contributed by atoms with Crippen LogP contribution in [0.4, 0.5) is 0 Å². The van der Waals surface area contributed by atoms with Gasteiger partial charge >= 0.3 is 5.97 Å². The van der Waals surface area contributed by atoms with Gasteiger partial charge in [-0.2, -0.15) is 0 Å². The minimum absolute atomic E-state index is 0.171. The van der Waals surface area contributed by atoms with Crippen LogP contribution >= 0.6 is 39.0 Å². The van der Waals surface area contributed by atoms with Gasteiger partial charge in [0.2, 0.25) is 0 Å². The Morgan fingerprint density at radius 3 is 2.66 bits per heavy atom. The number of Topliss-reactive ketones (excluding diaryl/α,β-unsaturated/α-hetero) is 1. The molecule has 1 aliphatic heterocycles. The Labute approximate surface area is 202 Å². The average molecular weight is 540 g/mol. The van der Waals surface area contributed by atoms with E-state index >= 15 is 0 Å². The van der Waals surface area contributed by atoms with Crippen molar-refractivity contribution in [2.75, 3.05) is 19.8 Å². The van der Waals surface area contributed by atoms with E-state index in [4.69, 9.17) is 19.6 Å². The predicted molar refractivity (Wildman–Crippen MR) is 128 cm³/mol. The molecule has 170 valence electrons. The minimum Gasteiger partial charge on any atom is -0.490 e. The molecule has 1 atom stereocenters. The Morgan fingerprint density at radius 1 is 1.22 bits per heavy atom. The summed E-state index contributed by atoms with van der Waals surface area (Å²) < 4.78 is 16.7. The summed E-state index contributed by atoms with van der Waals surface area (Å²) in [6, 6.07) is 3.49. The van der Waals surface area contributed by atoms with Gasteiger partial charge in [-0.25, -0.2) is 4.79 Å². The topological polar surface area (TPSA) is 111 Å². The smallest absolute Gasteiger partial charge is 0.344 e. The molecule has 11 heteroatoms. The van der Waals surface area contributed by atoms with Gasteiger partial charge in [0.25, 0.3) is 0 Å². The van der Waals surface area contributed by atoms with E-state index in [1.54, 1.807) is 25.1 Å². The quantitative estimate of drug-likeness (QED) is 0.362. The standard InChI is InChI=1S/C21H22BrN3O5S2/c1-4-15-24-25-21(32-15)17-18(27)14(31-20(17)23)9-11-7-12(22)19(13(8-11)28-5-2)30-10-16(26)29-6-3/h7-9,17,23H,4-6,10H2,1-3H3/b14-9-,23-20?/t17-/m0/s1. The lowest BCUT2D eigenvalue weighted by Crippen LogP contribution is -2.15. The molecule has 1 fully saturated rings. The molecule has 1 aromatic heterocycles. The average Bonchev–Trinajstić information content (AvgIpc) is 3.31. The fourth-order valence-corrected chi connectivity index (χ4v) is 5.43. The molecule has 0 bridgehead atoms. The fourth-order valence-electron chi connectivity index (χ4n) is 2.90. The van der Waals surface area contributed by atoms with Crippen LogP contribution in [0, 0.1) is 5.41 Å². The highest BCUT2D eigenvalue weighted by Crippen LogP contribution is 2.43. The van der Waals surface area contributed by atoms with E-state index in [0.717, 1.165) is 23.2 Å². The lowest BCUT2D eigenvalue weighted by atomic mass is 10.0. The van der Waals surface area contributed by atoms with Crippen molar-refractivity contribution in [1.82, 2.24) is 10.2 Å². The van der Waals surface area contributed by atoms with E-state index in [-0.39, 0.29) is 24.0 Å². The van der Waals surface area contributed by atoms with Gasteiger partial charge in [0, 0.05) is 0 Å². The highest BCUT2D eigenvalue weighted by atomic mass is 79.9. The largest absolute Gasteiger partial charge is 0.490 e. The Bertz CT molecular complexity index is 1070. The molecule has 1 aliphatic rings. The van der Waals surface area contributed by atoms with E-state index in [0.29, 0.717) is 38.1 Å². The molecule has 8 nitrogen and oxygen atoms in total. The molecule has 1 saturated heterocycles. The highest BCUT2D eigenvalue weighted by molar-refractivity contribution is 9.10. The third kappa shape index (κ3) is 5.57. The van der Waals surface area contributed by atoms with E-state index in [1.165, 1.54) is 11.3 Å². The zero-order valence-corrected chi connectivity index (χ0v) is 21.0. The molecule has 0 unspecified atom stereocenters. The number of nitrogens with zero attached hydrogens (tertiary/aromatic N) is 2. The van der Waals surface area contributed by atoms with Crippen molar-refractivity contribution in [2.45, 2.75) is 33.1 Å². The third-order valence-electron chi connectivity index (χ3n) is 4.29. The van der Waals surface area contributed by atoms with Crippen LogP contribution in [0.25, 0.3) is 6.08 Å². The van der Waals surface area contributed by atoms with Crippen LogP contribution < -0.4 is 9.47 Å². The van der Waals surface area contributed by atoms with Crippen LogP contribution in [-0.4, -0.2) is 46.8 Å². The van der Waals surface area contributed by atoms with Crippen molar-refractivity contribution < 1.29 is 23.8 Å². The summed E-state index contributed by atoms with van der Waals surface area (Å²) in [6.07, 6.45) is 2.45. The summed E-state index contributed by atoms with van der Waals surface area (Å²) in [5.74, 6) is -0.550. The molecule has 0 radical (unpaired) electrons. The number of aromatic nitrogens is 2. The number of benzene rings is 1. The minimum atomic E-state index is -0.703. The molecule has 32 heavy (non-hydrogen) atoms.